The predicted molar refractivity (Wildman–Crippen MR) is 122 cm³/mol. The highest BCUT2D eigenvalue weighted by atomic mass is 32.2. The van der Waals surface area contributed by atoms with Gasteiger partial charge in [-0.15, -0.1) is 0 Å². The van der Waals surface area contributed by atoms with Crippen LogP contribution in [-0.2, 0) is 14.8 Å². The molecule has 2 amide bonds. The maximum absolute atomic E-state index is 12.8. The van der Waals surface area contributed by atoms with Crippen LogP contribution in [0.4, 0.5) is 11.4 Å². The van der Waals surface area contributed by atoms with Crippen molar-refractivity contribution in [2.24, 2.45) is 0 Å². The smallest absolute Gasteiger partial charge is 0.283 e. The molecular formula is C22H18N4O8S. The van der Waals surface area contributed by atoms with Gasteiger partial charge in [-0.25, -0.2) is 8.42 Å². The zero-order chi connectivity index (χ0) is 25.0. The van der Waals surface area contributed by atoms with Crippen molar-refractivity contribution in [1.29, 1.82) is 0 Å². The molecule has 35 heavy (non-hydrogen) atoms. The lowest BCUT2D eigenvalue weighted by Gasteiger charge is -2.25. The highest BCUT2D eigenvalue weighted by Gasteiger charge is 2.28. The average Bonchev–Trinajstić information content (AvgIpc) is 2.87. The molecule has 0 spiro atoms. The van der Waals surface area contributed by atoms with Gasteiger partial charge >= 0.3 is 0 Å². The van der Waals surface area contributed by atoms with Crippen LogP contribution in [0, 0.1) is 10.1 Å². The van der Waals surface area contributed by atoms with E-state index in [4.69, 9.17) is 9.47 Å². The number of nitro benzene ring substituents is 1. The van der Waals surface area contributed by atoms with E-state index in [0.717, 1.165) is 12.1 Å². The van der Waals surface area contributed by atoms with E-state index in [1.165, 1.54) is 36.4 Å². The molecule has 0 fully saturated rings. The molecule has 0 saturated carbocycles. The molecule has 4 rings (SSSR count). The number of para-hydroxylation sites is 3. The SMILES string of the molecule is O=C(NNC(=O)C1COc2ccccc2O1)c1ccccc1NS(=O)(=O)c1cccc([N+](=O)[O-])c1. The number of non-ortho nitro benzene ring substituents is 1. The minimum Gasteiger partial charge on any atom is -0.485 e. The van der Waals surface area contributed by atoms with Gasteiger partial charge in [-0.2, -0.15) is 0 Å². The molecule has 3 aromatic carbocycles. The number of benzene rings is 3. The first-order chi connectivity index (χ1) is 16.7. The first-order valence-electron chi connectivity index (χ1n) is 10.1. The van der Waals surface area contributed by atoms with E-state index in [9.17, 15) is 28.1 Å². The quantitative estimate of drug-likeness (QED) is 0.343. The summed E-state index contributed by atoms with van der Waals surface area (Å²) in [4.78, 5) is 35.0. The van der Waals surface area contributed by atoms with Gasteiger partial charge in [0.05, 0.1) is 21.1 Å². The van der Waals surface area contributed by atoms with Crippen LogP contribution in [0.25, 0.3) is 0 Å². The van der Waals surface area contributed by atoms with Gasteiger partial charge in [0.1, 0.15) is 6.61 Å². The van der Waals surface area contributed by atoms with Crippen molar-refractivity contribution in [3.63, 3.8) is 0 Å². The predicted octanol–water partition coefficient (Wildman–Crippen LogP) is 2.00. The summed E-state index contributed by atoms with van der Waals surface area (Å²) in [5.74, 6) is -0.619. The lowest BCUT2D eigenvalue weighted by atomic mass is 10.2. The summed E-state index contributed by atoms with van der Waals surface area (Å²) in [6.07, 6.45) is -1.02. The van der Waals surface area contributed by atoms with Crippen LogP contribution in [0.15, 0.2) is 77.7 Å². The van der Waals surface area contributed by atoms with E-state index in [1.807, 2.05) is 0 Å². The Kier molecular flexibility index (Phi) is 6.51. The van der Waals surface area contributed by atoms with Crippen molar-refractivity contribution in [2.45, 2.75) is 11.0 Å². The van der Waals surface area contributed by atoms with Gasteiger partial charge in [0.25, 0.3) is 27.5 Å². The molecule has 0 aromatic heterocycles. The molecule has 1 aliphatic heterocycles. The van der Waals surface area contributed by atoms with E-state index in [0.29, 0.717) is 11.5 Å². The molecule has 0 aliphatic carbocycles. The Hall–Kier alpha value is -4.65. The fourth-order valence-corrected chi connectivity index (χ4v) is 4.27. The number of rotatable bonds is 6. The fraction of sp³-hybridized carbons (Fsp3) is 0.0909. The molecule has 12 nitrogen and oxygen atoms in total. The van der Waals surface area contributed by atoms with E-state index >= 15 is 0 Å². The van der Waals surface area contributed by atoms with Gasteiger partial charge in [0.2, 0.25) is 6.10 Å². The molecule has 1 heterocycles. The van der Waals surface area contributed by atoms with Crippen LogP contribution < -0.4 is 25.0 Å². The third-order valence-electron chi connectivity index (χ3n) is 4.86. The molecule has 0 bridgehead atoms. The third-order valence-corrected chi connectivity index (χ3v) is 6.22. The number of amides is 2. The largest absolute Gasteiger partial charge is 0.485 e. The molecule has 3 aromatic rings. The third kappa shape index (κ3) is 5.30. The van der Waals surface area contributed by atoms with Gasteiger partial charge in [-0.1, -0.05) is 30.3 Å². The zero-order valence-corrected chi connectivity index (χ0v) is 18.7. The molecule has 1 unspecified atom stereocenters. The van der Waals surface area contributed by atoms with E-state index in [-0.39, 0.29) is 22.8 Å². The second-order valence-electron chi connectivity index (χ2n) is 7.21. The summed E-state index contributed by atoms with van der Waals surface area (Å²) in [7, 11) is -4.26. The molecule has 3 N–H and O–H groups in total. The summed E-state index contributed by atoms with van der Waals surface area (Å²) in [6.45, 7) is -0.0711. The zero-order valence-electron chi connectivity index (χ0n) is 17.8. The lowest BCUT2D eigenvalue weighted by Crippen LogP contribution is -2.50. The summed E-state index contributed by atoms with van der Waals surface area (Å²) in [5, 5.41) is 11.0. The van der Waals surface area contributed by atoms with Gasteiger partial charge < -0.3 is 9.47 Å². The van der Waals surface area contributed by atoms with Crippen LogP contribution in [0.5, 0.6) is 11.5 Å². The molecule has 0 saturated heterocycles. The number of carbonyl (C=O) groups is 2. The van der Waals surface area contributed by atoms with Gasteiger partial charge in [0.15, 0.2) is 11.5 Å². The van der Waals surface area contributed by atoms with Crippen LogP contribution in [-0.4, -0.2) is 37.9 Å². The Morgan fingerprint density at radius 2 is 1.66 bits per heavy atom. The second kappa shape index (κ2) is 9.69. The number of anilines is 1. The normalized spacial score (nSPS) is 14.5. The summed E-state index contributed by atoms with van der Waals surface area (Å²) in [6, 6.07) is 16.9. The molecule has 1 atom stereocenters. The van der Waals surface area contributed by atoms with Crippen molar-refractivity contribution >= 4 is 33.2 Å². The average molecular weight is 498 g/mol. The number of hydrogen-bond acceptors (Lipinski definition) is 8. The monoisotopic (exact) mass is 498 g/mol. The molecular weight excluding hydrogens is 480 g/mol. The fourth-order valence-electron chi connectivity index (χ4n) is 3.15. The Labute approximate surface area is 199 Å². The number of nitro groups is 1. The number of carbonyl (C=O) groups excluding carboxylic acids is 2. The Morgan fingerprint density at radius 3 is 2.43 bits per heavy atom. The van der Waals surface area contributed by atoms with Crippen molar-refractivity contribution in [1.82, 2.24) is 10.9 Å². The first kappa shape index (κ1) is 23.5. The van der Waals surface area contributed by atoms with Crippen LogP contribution in [0.2, 0.25) is 0 Å². The Morgan fingerprint density at radius 1 is 0.943 bits per heavy atom. The van der Waals surface area contributed by atoms with Crippen molar-refractivity contribution < 1.29 is 32.4 Å². The maximum atomic E-state index is 12.8. The number of hydrazine groups is 1. The maximum Gasteiger partial charge on any atom is 0.283 e. The van der Waals surface area contributed by atoms with Crippen LogP contribution in [0.1, 0.15) is 10.4 Å². The van der Waals surface area contributed by atoms with Gasteiger partial charge in [-0.05, 0) is 30.3 Å². The highest BCUT2D eigenvalue weighted by molar-refractivity contribution is 7.92. The van der Waals surface area contributed by atoms with E-state index in [2.05, 4.69) is 15.6 Å². The van der Waals surface area contributed by atoms with E-state index in [1.54, 1.807) is 24.3 Å². The summed E-state index contributed by atoms with van der Waals surface area (Å²) < 4.78 is 38.8. The summed E-state index contributed by atoms with van der Waals surface area (Å²) >= 11 is 0. The van der Waals surface area contributed by atoms with Gasteiger partial charge in [0, 0.05) is 12.1 Å². The number of sulfonamides is 1. The standard InChI is InChI=1S/C22H18N4O8S/c27-21(23-24-22(28)20-13-33-18-10-3-4-11-19(18)34-20)16-8-1-2-9-17(16)25-35(31,32)15-7-5-6-14(12-15)26(29)30/h1-12,20,25H,13H2,(H,23,27)(H,24,28). The molecule has 1 aliphatic rings. The van der Waals surface area contributed by atoms with E-state index < -0.39 is 38.6 Å². The minimum absolute atomic E-state index is 0.0711. The number of nitrogens with one attached hydrogen (secondary N) is 3. The van der Waals surface area contributed by atoms with Crippen LogP contribution >= 0.6 is 0 Å². The number of fused-ring (bicyclic) bond motifs is 1. The Balaban J connectivity index is 1.44. The van der Waals surface area contributed by atoms with Crippen molar-refractivity contribution in [2.75, 3.05) is 11.3 Å². The molecule has 13 heteroatoms. The Bertz CT molecular complexity index is 1410. The number of nitrogens with zero attached hydrogens (tertiary/aromatic N) is 1. The number of ether oxygens (including phenoxy) is 2. The highest BCUT2D eigenvalue weighted by Crippen LogP contribution is 2.30. The lowest BCUT2D eigenvalue weighted by molar-refractivity contribution is -0.385. The van der Waals surface area contributed by atoms with Gasteiger partial charge in [-0.3, -0.25) is 35.3 Å². The minimum atomic E-state index is -4.26. The molecule has 180 valence electrons. The molecule has 0 radical (unpaired) electrons. The summed E-state index contributed by atoms with van der Waals surface area (Å²) in [5.41, 5.74) is 3.83. The van der Waals surface area contributed by atoms with Crippen LogP contribution in [0.3, 0.4) is 0 Å². The second-order valence-corrected chi connectivity index (χ2v) is 8.90. The first-order valence-corrected chi connectivity index (χ1v) is 11.6. The topological polar surface area (TPSA) is 166 Å². The van der Waals surface area contributed by atoms with Crippen molar-refractivity contribution in [3.8, 4) is 11.5 Å². The number of hydrogen-bond donors (Lipinski definition) is 3. The van der Waals surface area contributed by atoms with Crippen molar-refractivity contribution in [3.05, 3.63) is 88.5 Å².